The van der Waals surface area contributed by atoms with E-state index in [2.05, 4.69) is 31.8 Å². The summed E-state index contributed by atoms with van der Waals surface area (Å²) in [5, 5.41) is 14.7. The maximum Gasteiger partial charge on any atom is 0.257 e. The average molecular weight is 257 g/mol. The molecule has 2 rings (SSSR count). The van der Waals surface area contributed by atoms with Crippen LogP contribution in [0, 0.1) is 11.8 Å². The first-order chi connectivity index (χ1) is 9.29. The van der Waals surface area contributed by atoms with Crippen molar-refractivity contribution in [2.24, 2.45) is 0 Å². The number of aliphatic hydroxyl groups is 1. The monoisotopic (exact) mass is 257 g/mol. The highest BCUT2D eigenvalue weighted by Gasteiger charge is 2.07. The second-order valence-electron chi connectivity index (χ2n) is 3.60. The van der Waals surface area contributed by atoms with Crippen molar-refractivity contribution in [2.75, 3.05) is 11.9 Å². The SMILES string of the molecule is O=C(Nc1cnoc1)c1cncc(C#CCCO)c1. The van der Waals surface area contributed by atoms with Crippen molar-refractivity contribution in [2.45, 2.75) is 6.42 Å². The van der Waals surface area contributed by atoms with E-state index >= 15 is 0 Å². The maximum absolute atomic E-state index is 11.9. The predicted molar refractivity (Wildman–Crippen MR) is 67.3 cm³/mol. The summed E-state index contributed by atoms with van der Waals surface area (Å²) >= 11 is 0. The number of carbonyl (C=O) groups is 1. The zero-order valence-corrected chi connectivity index (χ0v) is 9.96. The number of rotatable bonds is 3. The quantitative estimate of drug-likeness (QED) is 0.802. The Hall–Kier alpha value is -2.65. The minimum atomic E-state index is -0.318. The molecule has 0 unspecified atom stereocenters. The molecule has 2 aromatic rings. The molecule has 1 amide bonds. The molecule has 0 aliphatic rings. The highest BCUT2D eigenvalue weighted by atomic mass is 16.5. The first kappa shape index (κ1) is 12.8. The molecule has 0 saturated carbocycles. The first-order valence-corrected chi connectivity index (χ1v) is 5.55. The van der Waals surface area contributed by atoms with Crippen LogP contribution in [0.15, 0.2) is 35.4 Å². The van der Waals surface area contributed by atoms with Crippen molar-refractivity contribution in [3.05, 3.63) is 42.0 Å². The molecule has 0 spiro atoms. The van der Waals surface area contributed by atoms with Gasteiger partial charge in [-0.3, -0.25) is 9.78 Å². The van der Waals surface area contributed by atoms with Gasteiger partial charge in [-0.15, -0.1) is 0 Å². The summed E-state index contributed by atoms with van der Waals surface area (Å²) in [7, 11) is 0. The van der Waals surface area contributed by atoms with Crippen LogP contribution in [0.25, 0.3) is 0 Å². The molecule has 6 heteroatoms. The van der Waals surface area contributed by atoms with E-state index in [0.29, 0.717) is 23.2 Å². The summed E-state index contributed by atoms with van der Waals surface area (Å²) in [6, 6.07) is 1.63. The molecule has 6 nitrogen and oxygen atoms in total. The lowest BCUT2D eigenvalue weighted by Crippen LogP contribution is -2.11. The van der Waals surface area contributed by atoms with E-state index in [0.717, 1.165) is 0 Å². The Balaban J connectivity index is 2.10. The van der Waals surface area contributed by atoms with Crippen LogP contribution in [0.5, 0.6) is 0 Å². The number of aliphatic hydroxyl groups excluding tert-OH is 1. The van der Waals surface area contributed by atoms with Gasteiger partial charge in [-0.1, -0.05) is 17.0 Å². The molecule has 0 aromatic carbocycles. The van der Waals surface area contributed by atoms with E-state index in [4.69, 9.17) is 5.11 Å². The fourth-order valence-corrected chi connectivity index (χ4v) is 1.32. The molecule has 19 heavy (non-hydrogen) atoms. The Kier molecular flexibility index (Phi) is 4.26. The fraction of sp³-hybridized carbons (Fsp3) is 0.154. The van der Waals surface area contributed by atoms with E-state index in [1.165, 1.54) is 18.7 Å². The smallest absolute Gasteiger partial charge is 0.257 e. The highest BCUT2D eigenvalue weighted by molar-refractivity contribution is 6.04. The van der Waals surface area contributed by atoms with Gasteiger partial charge in [0, 0.05) is 24.4 Å². The lowest BCUT2D eigenvalue weighted by atomic mass is 10.2. The standard InChI is InChI=1S/C13H11N3O3/c17-4-2-1-3-10-5-11(7-14-6-10)13(18)16-12-8-15-19-9-12/h5-9,17H,2,4H2,(H,16,18). The number of aromatic nitrogens is 2. The van der Waals surface area contributed by atoms with Gasteiger partial charge in [0.2, 0.25) is 0 Å². The van der Waals surface area contributed by atoms with Crippen LogP contribution >= 0.6 is 0 Å². The summed E-state index contributed by atoms with van der Waals surface area (Å²) in [6.07, 6.45) is 6.12. The molecule has 2 heterocycles. The normalized spacial score (nSPS) is 9.53. The molecular formula is C13H11N3O3. The van der Waals surface area contributed by atoms with Gasteiger partial charge in [-0.25, -0.2) is 0 Å². The third-order valence-electron chi connectivity index (χ3n) is 2.16. The van der Waals surface area contributed by atoms with Crippen molar-refractivity contribution in [1.82, 2.24) is 10.1 Å². The van der Waals surface area contributed by atoms with Crippen LogP contribution in [0.3, 0.4) is 0 Å². The van der Waals surface area contributed by atoms with E-state index in [1.54, 1.807) is 12.3 Å². The van der Waals surface area contributed by atoms with Crippen molar-refractivity contribution >= 4 is 11.6 Å². The number of nitrogens with one attached hydrogen (secondary N) is 1. The van der Waals surface area contributed by atoms with Crippen LogP contribution in [0.1, 0.15) is 22.3 Å². The summed E-state index contributed by atoms with van der Waals surface area (Å²) in [5.74, 6) is 5.26. The molecule has 0 saturated heterocycles. The van der Waals surface area contributed by atoms with Gasteiger partial charge in [-0.2, -0.15) is 0 Å². The molecule has 0 fully saturated rings. The van der Waals surface area contributed by atoms with Crippen molar-refractivity contribution in [1.29, 1.82) is 0 Å². The Morgan fingerprint density at radius 2 is 2.32 bits per heavy atom. The maximum atomic E-state index is 11.9. The third-order valence-corrected chi connectivity index (χ3v) is 2.16. The summed E-state index contributed by atoms with van der Waals surface area (Å²) in [4.78, 5) is 15.8. The van der Waals surface area contributed by atoms with Gasteiger partial charge in [0.25, 0.3) is 5.91 Å². The zero-order valence-electron chi connectivity index (χ0n) is 9.96. The van der Waals surface area contributed by atoms with E-state index in [9.17, 15) is 4.79 Å². The summed E-state index contributed by atoms with van der Waals surface area (Å²) in [6.45, 7) is 0.00803. The zero-order chi connectivity index (χ0) is 13.5. The summed E-state index contributed by atoms with van der Waals surface area (Å²) < 4.78 is 4.61. The Morgan fingerprint density at radius 1 is 1.42 bits per heavy atom. The van der Waals surface area contributed by atoms with Crippen LogP contribution in [0.4, 0.5) is 5.69 Å². The Morgan fingerprint density at radius 3 is 3.05 bits per heavy atom. The van der Waals surface area contributed by atoms with Gasteiger partial charge < -0.3 is 14.9 Å². The fourth-order valence-electron chi connectivity index (χ4n) is 1.32. The highest BCUT2D eigenvalue weighted by Crippen LogP contribution is 2.08. The lowest BCUT2D eigenvalue weighted by Gasteiger charge is -2.01. The van der Waals surface area contributed by atoms with E-state index < -0.39 is 0 Å². The van der Waals surface area contributed by atoms with Crippen molar-refractivity contribution in [3.8, 4) is 11.8 Å². The van der Waals surface area contributed by atoms with Crippen molar-refractivity contribution in [3.63, 3.8) is 0 Å². The lowest BCUT2D eigenvalue weighted by molar-refractivity contribution is 0.102. The molecule has 2 N–H and O–H groups in total. The second kappa shape index (κ2) is 6.33. The van der Waals surface area contributed by atoms with Gasteiger partial charge in [0.15, 0.2) is 0 Å². The van der Waals surface area contributed by atoms with Gasteiger partial charge in [0.1, 0.15) is 12.0 Å². The number of carbonyl (C=O) groups excluding carboxylic acids is 1. The number of anilines is 1. The van der Waals surface area contributed by atoms with Crippen LogP contribution in [-0.2, 0) is 0 Å². The number of nitrogens with zero attached hydrogens (tertiary/aromatic N) is 2. The van der Waals surface area contributed by atoms with Crippen LogP contribution < -0.4 is 5.32 Å². The average Bonchev–Trinajstić information content (AvgIpc) is 2.92. The third kappa shape index (κ3) is 3.66. The molecule has 0 aliphatic carbocycles. The van der Waals surface area contributed by atoms with E-state index in [-0.39, 0.29) is 12.5 Å². The van der Waals surface area contributed by atoms with Gasteiger partial charge >= 0.3 is 0 Å². The molecule has 2 aromatic heterocycles. The largest absolute Gasteiger partial charge is 0.395 e. The molecular weight excluding hydrogens is 246 g/mol. The summed E-state index contributed by atoms with van der Waals surface area (Å²) in [5.41, 5.74) is 1.48. The second-order valence-corrected chi connectivity index (χ2v) is 3.60. The van der Waals surface area contributed by atoms with Crippen molar-refractivity contribution < 1.29 is 14.4 Å². The predicted octanol–water partition coefficient (Wildman–Crippen LogP) is 1.06. The Bertz CT molecular complexity index is 612. The van der Waals surface area contributed by atoms with E-state index in [1.807, 2.05) is 0 Å². The van der Waals surface area contributed by atoms with Crippen LogP contribution in [-0.4, -0.2) is 27.8 Å². The molecule has 0 atom stereocenters. The number of hydrogen-bond donors (Lipinski definition) is 2. The minimum absolute atomic E-state index is 0.00803. The number of pyridine rings is 1. The minimum Gasteiger partial charge on any atom is -0.395 e. The van der Waals surface area contributed by atoms with Crippen LogP contribution in [0.2, 0.25) is 0 Å². The molecule has 0 bridgehead atoms. The molecule has 96 valence electrons. The Labute approximate surface area is 109 Å². The number of amides is 1. The van der Waals surface area contributed by atoms with Gasteiger partial charge in [0.05, 0.1) is 18.4 Å². The number of hydrogen-bond acceptors (Lipinski definition) is 5. The molecule has 0 radical (unpaired) electrons. The topological polar surface area (TPSA) is 88.3 Å². The first-order valence-electron chi connectivity index (χ1n) is 5.55. The van der Waals surface area contributed by atoms with Gasteiger partial charge in [-0.05, 0) is 6.07 Å². The molecule has 0 aliphatic heterocycles.